The second kappa shape index (κ2) is 8.86. The van der Waals surface area contributed by atoms with Gasteiger partial charge in [0.2, 0.25) is 15.9 Å². The highest BCUT2D eigenvalue weighted by atomic mass is 32.2. The smallest absolute Gasteiger partial charge is 0.246 e. The van der Waals surface area contributed by atoms with Crippen molar-refractivity contribution in [3.05, 3.63) is 29.8 Å². The van der Waals surface area contributed by atoms with Gasteiger partial charge in [0.1, 0.15) is 16.5 Å². The van der Waals surface area contributed by atoms with Crippen LogP contribution in [0.3, 0.4) is 0 Å². The number of sulfonamides is 1. The molecule has 0 saturated carbocycles. The van der Waals surface area contributed by atoms with E-state index in [4.69, 9.17) is 9.47 Å². The van der Waals surface area contributed by atoms with Crippen molar-refractivity contribution >= 4 is 15.9 Å². The van der Waals surface area contributed by atoms with Crippen molar-refractivity contribution in [2.45, 2.75) is 36.9 Å². The first-order valence-electron chi connectivity index (χ1n) is 10.3. The van der Waals surface area contributed by atoms with Crippen molar-refractivity contribution in [3.63, 3.8) is 0 Å². The van der Waals surface area contributed by atoms with Crippen LogP contribution < -0.4 is 0 Å². The second-order valence-electron chi connectivity index (χ2n) is 8.05. The third kappa shape index (κ3) is 4.37. The van der Waals surface area contributed by atoms with E-state index in [9.17, 15) is 22.0 Å². The van der Waals surface area contributed by atoms with Crippen LogP contribution in [0.5, 0.6) is 0 Å². The zero-order valence-corrected chi connectivity index (χ0v) is 17.5. The van der Waals surface area contributed by atoms with Crippen LogP contribution in [0.4, 0.5) is 8.78 Å². The van der Waals surface area contributed by atoms with Crippen LogP contribution >= 0.6 is 0 Å². The molecule has 0 bridgehead atoms. The topological polar surface area (TPSA) is 76.2 Å². The first-order valence-corrected chi connectivity index (χ1v) is 11.8. The van der Waals surface area contributed by atoms with Crippen LogP contribution in [0.2, 0.25) is 0 Å². The van der Waals surface area contributed by atoms with Crippen LogP contribution in [-0.4, -0.2) is 69.2 Å². The molecular weight excluding hydrogens is 418 g/mol. The first kappa shape index (κ1) is 21.6. The molecular formula is C20H26F2N2O5S. The standard InChI is InChI=1S/C20H26F2N2O5S/c21-16-3-4-17(22)18(12-16)30(26,27)24-8-5-14(6-9-24)19(25)23-7-1-2-15(13-23)20-28-10-11-29-20/h3-4,12,14-15,20H,1-2,5-11,13H2. The summed E-state index contributed by atoms with van der Waals surface area (Å²) in [5.74, 6) is -1.90. The SMILES string of the molecule is O=C(C1CCN(S(=O)(=O)c2cc(F)ccc2F)CC1)N1CCCC(C2OCCO2)C1. The summed E-state index contributed by atoms with van der Waals surface area (Å²) in [6.07, 6.45) is 2.28. The van der Waals surface area contributed by atoms with E-state index in [1.165, 1.54) is 0 Å². The fourth-order valence-corrected chi connectivity index (χ4v) is 6.04. The molecule has 1 unspecified atom stereocenters. The number of rotatable bonds is 4. The maximum atomic E-state index is 14.0. The maximum Gasteiger partial charge on any atom is 0.246 e. The molecule has 0 N–H and O–H groups in total. The van der Waals surface area contributed by atoms with Crippen LogP contribution in [0, 0.1) is 23.5 Å². The van der Waals surface area contributed by atoms with Gasteiger partial charge in [-0.05, 0) is 43.9 Å². The number of carbonyl (C=O) groups excluding carboxylic acids is 1. The summed E-state index contributed by atoms with van der Waals surface area (Å²) in [5.41, 5.74) is 0. The minimum absolute atomic E-state index is 0.0201. The van der Waals surface area contributed by atoms with E-state index in [0.29, 0.717) is 45.2 Å². The number of hydrogen-bond donors (Lipinski definition) is 0. The van der Waals surface area contributed by atoms with Crippen molar-refractivity contribution < 1.29 is 31.5 Å². The van der Waals surface area contributed by atoms with Crippen LogP contribution in [-0.2, 0) is 24.3 Å². The van der Waals surface area contributed by atoms with Gasteiger partial charge in [0.15, 0.2) is 6.29 Å². The number of carbonyl (C=O) groups is 1. The van der Waals surface area contributed by atoms with E-state index in [0.717, 1.165) is 29.3 Å². The Bertz CT molecular complexity index is 883. The average Bonchev–Trinajstić information content (AvgIpc) is 3.30. The molecule has 1 aromatic rings. The van der Waals surface area contributed by atoms with Crippen molar-refractivity contribution in [1.29, 1.82) is 0 Å². The fraction of sp³-hybridized carbons (Fsp3) is 0.650. The second-order valence-corrected chi connectivity index (χ2v) is 9.96. The molecule has 1 amide bonds. The van der Waals surface area contributed by atoms with E-state index in [1.807, 2.05) is 4.90 Å². The number of hydrogen-bond acceptors (Lipinski definition) is 5. The monoisotopic (exact) mass is 444 g/mol. The Kier molecular flexibility index (Phi) is 6.38. The molecule has 166 valence electrons. The van der Waals surface area contributed by atoms with Gasteiger partial charge in [0.05, 0.1) is 13.2 Å². The number of halogens is 2. The minimum atomic E-state index is -4.15. The molecule has 1 atom stereocenters. The van der Waals surface area contributed by atoms with Gasteiger partial charge in [0, 0.05) is 38.0 Å². The molecule has 0 aliphatic carbocycles. The number of nitrogens with zero attached hydrogens (tertiary/aromatic N) is 2. The quantitative estimate of drug-likeness (QED) is 0.710. The number of likely N-dealkylation sites (tertiary alicyclic amines) is 1. The molecule has 3 heterocycles. The highest BCUT2D eigenvalue weighted by molar-refractivity contribution is 7.89. The maximum absolute atomic E-state index is 14.0. The van der Waals surface area contributed by atoms with Gasteiger partial charge >= 0.3 is 0 Å². The lowest BCUT2D eigenvalue weighted by Crippen LogP contribution is -2.48. The number of piperidine rings is 2. The molecule has 3 aliphatic rings. The molecule has 0 spiro atoms. The summed E-state index contributed by atoms with van der Waals surface area (Å²) in [6.45, 7) is 2.61. The first-order chi connectivity index (χ1) is 14.4. The van der Waals surface area contributed by atoms with Crippen LogP contribution in [0.25, 0.3) is 0 Å². The van der Waals surface area contributed by atoms with E-state index in [2.05, 4.69) is 0 Å². The van der Waals surface area contributed by atoms with E-state index in [-0.39, 0.29) is 37.1 Å². The van der Waals surface area contributed by atoms with Crippen molar-refractivity contribution in [2.24, 2.45) is 11.8 Å². The van der Waals surface area contributed by atoms with Gasteiger partial charge in [-0.25, -0.2) is 17.2 Å². The molecule has 4 rings (SSSR count). The summed E-state index contributed by atoms with van der Waals surface area (Å²) >= 11 is 0. The van der Waals surface area contributed by atoms with Gasteiger partial charge in [0.25, 0.3) is 0 Å². The zero-order chi connectivity index (χ0) is 21.3. The van der Waals surface area contributed by atoms with Gasteiger partial charge in [-0.1, -0.05) is 0 Å². The highest BCUT2D eigenvalue weighted by Crippen LogP contribution is 2.30. The van der Waals surface area contributed by atoms with Crippen molar-refractivity contribution in [2.75, 3.05) is 39.4 Å². The summed E-state index contributed by atoms with van der Waals surface area (Å²) < 4.78 is 65.2. The summed E-state index contributed by atoms with van der Waals surface area (Å²) in [6, 6.07) is 2.39. The predicted molar refractivity (Wildman–Crippen MR) is 103 cm³/mol. The Morgan fingerprint density at radius 2 is 1.73 bits per heavy atom. The molecule has 3 aliphatic heterocycles. The van der Waals surface area contributed by atoms with Gasteiger partial charge in [-0.2, -0.15) is 4.31 Å². The summed E-state index contributed by atoms with van der Waals surface area (Å²) in [5, 5.41) is 0. The zero-order valence-electron chi connectivity index (χ0n) is 16.6. The third-order valence-corrected chi connectivity index (χ3v) is 8.03. The molecule has 3 saturated heterocycles. The Hall–Kier alpha value is -1.62. The molecule has 7 nitrogen and oxygen atoms in total. The molecule has 0 radical (unpaired) electrons. The minimum Gasteiger partial charge on any atom is -0.350 e. The predicted octanol–water partition coefficient (Wildman–Crippen LogP) is 1.98. The lowest BCUT2D eigenvalue weighted by atomic mass is 9.92. The summed E-state index contributed by atoms with van der Waals surface area (Å²) in [7, 11) is -4.15. The van der Waals surface area contributed by atoms with Crippen LogP contribution in [0.15, 0.2) is 23.1 Å². The normalized spacial score (nSPS) is 25.0. The highest BCUT2D eigenvalue weighted by Gasteiger charge is 2.38. The number of ether oxygens (including phenoxy) is 2. The van der Waals surface area contributed by atoms with Crippen molar-refractivity contribution in [1.82, 2.24) is 9.21 Å². The Balaban J connectivity index is 1.37. The largest absolute Gasteiger partial charge is 0.350 e. The third-order valence-electron chi connectivity index (χ3n) is 6.12. The Morgan fingerprint density at radius 1 is 1.03 bits per heavy atom. The molecule has 3 fully saturated rings. The van der Waals surface area contributed by atoms with E-state index >= 15 is 0 Å². The van der Waals surface area contributed by atoms with E-state index < -0.39 is 26.6 Å². The lowest BCUT2D eigenvalue weighted by Gasteiger charge is -2.38. The molecule has 10 heteroatoms. The molecule has 1 aromatic carbocycles. The molecule has 30 heavy (non-hydrogen) atoms. The van der Waals surface area contributed by atoms with Crippen LogP contribution in [0.1, 0.15) is 25.7 Å². The summed E-state index contributed by atoms with van der Waals surface area (Å²) in [4.78, 5) is 14.2. The van der Waals surface area contributed by atoms with Gasteiger partial charge in [-0.15, -0.1) is 0 Å². The Labute approximate surface area is 175 Å². The number of amides is 1. The fourth-order valence-electron chi connectivity index (χ4n) is 4.50. The number of benzene rings is 1. The lowest BCUT2D eigenvalue weighted by molar-refractivity contribution is -0.144. The average molecular weight is 445 g/mol. The molecule has 0 aromatic heterocycles. The van der Waals surface area contributed by atoms with Gasteiger partial charge in [-0.3, -0.25) is 4.79 Å². The Morgan fingerprint density at radius 3 is 2.43 bits per heavy atom. The van der Waals surface area contributed by atoms with Gasteiger partial charge < -0.3 is 14.4 Å². The van der Waals surface area contributed by atoms with E-state index in [1.54, 1.807) is 0 Å². The van der Waals surface area contributed by atoms with Crippen molar-refractivity contribution in [3.8, 4) is 0 Å².